The molecule has 0 aliphatic heterocycles. The van der Waals surface area contributed by atoms with E-state index in [4.69, 9.17) is 10.3 Å². The van der Waals surface area contributed by atoms with Crippen LogP contribution in [0.4, 0.5) is 0 Å². The maximum atomic E-state index is 12.7. The number of carbonyl (C=O) groups excluding carboxylic acids is 1. The van der Waals surface area contributed by atoms with E-state index in [-0.39, 0.29) is 12.2 Å². The van der Waals surface area contributed by atoms with Crippen LogP contribution in [0.5, 0.6) is 0 Å². The molecule has 0 rings (SSSR count). The van der Waals surface area contributed by atoms with Gasteiger partial charge in [0, 0.05) is 5.66 Å². The Bertz CT molecular complexity index is 297. The third-order valence-corrected chi connectivity index (χ3v) is 5.13. The summed E-state index contributed by atoms with van der Waals surface area (Å²) in [7, 11) is -1.43. The number of nitrogens with zero attached hydrogens (tertiary/aromatic N) is 1. The average Bonchev–Trinajstić information content (AvgIpc) is 1.98. The second kappa shape index (κ2) is 5.30. The molecule has 1 unspecified atom stereocenters. The average molecular weight is 250 g/mol. The molecule has 1 atom stereocenters. The molecule has 0 saturated carbocycles. The minimum atomic E-state index is -3.03. The van der Waals surface area contributed by atoms with E-state index in [1.54, 1.807) is 7.05 Å². The molecule has 0 spiro atoms. The highest BCUT2D eigenvalue weighted by molar-refractivity contribution is 7.57. The Kier molecular flexibility index (Phi) is 5.17. The van der Waals surface area contributed by atoms with Gasteiger partial charge in [0.15, 0.2) is 0 Å². The molecule has 6 heteroatoms. The van der Waals surface area contributed by atoms with E-state index in [0.29, 0.717) is 0 Å². The fourth-order valence-corrected chi connectivity index (χ4v) is 3.55. The highest BCUT2D eigenvalue weighted by Crippen LogP contribution is 2.56. The van der Waals surface area contributed by atoms with Crippen LogP contribution < -0.4 is 5.73 Å². The van der Waals surface area contributed by atoms with Gasteiger partial charge in [-0.3, -0.25) is 9.36 Å². The van der Waals surface area contributed by atoms with Crippen LogP contribution in [0.3, 0.4) is 0 Å². The molecule has 0 aromatic heterocycles. The smallest absolute Gasteiger partial charge is 0.275 e. The van der Waals surface area contributed by atoms with Crippen LogP contribution in [0.15, 0.2) is 0 Å². The molecule has 5 nitrogen and oxygen atoms in total. The van der Waals surface area contributed by atoms with E-state index in [9.17, 15) is 9.36 Å². The lowest BCUT2D eigenvalue weighted by Gasteiger charge is -2.35. The van der Waals surface area contributed by atoms with Crippen molar-refractivity contribution in [3.8, 4) is 0 Å². The Morgan fingerprint density at radius 3 is 2.12 bits per heavy atom. The van der Waals surface area contributed by atoms with Crippen molar-refractivity contribution in [2.75, 3.05) is 13.6 Å². The zero-order chi connectivity index (χ0) is 13.1. The standard InChI is InChI=1S/C10H23N2O3P/c1-8(2)16(14,15-10(3,4)5)12(6)7-9(11)13/h8H,7H2,1-6H3,(H2,11,13). The molecular weight excluding hydrogens is 227 g/mol. The van der Waals surface area contributed by atoms with Gasteiger partial charge in [-0.2, -0.15) is 0 Å². The second-order valence-corrected chi connectivity index (χ2v) is 8.17. The summed E-state index contributed by atoms with van der Waals surface area (Å²) >= 11 is 0. The van der Waals surface area contributed by atoms with Crippen LogP contribution in [0.25, 0.3) is 0 Å². The van der Waals surface area contributed by atoms with Crippen molar-refractivity contribution in [2.45, 2.75) is 45.9 Å². The van der Waals surface area contributed by atoms with Crippen molar-refractivity contribution in [2.24, 2.45) is 5.73 Å². The molecule has 0 fully saturated rings. The Labute approximate surface area is 97.8 Å². The third kappa shape index (κ3) is 4.64. The molecule has 16 heavy (non-hydrogen) atoms. The van der Waals surface area contributed by atoms with Crippen LogP contribution in [0.2, 0.25) is 0 Å². The molecule has 1 amide bonds. The number of nitrogens with two attached hydrogens (primary N) is 1. The third-order valence-electron chi connectivity index (χ3n) is 1.92. The van der Waals surface area contributed by atoms with Gasteiger partial charge in [0.2, 0.25) is 5.91 Å². The minimum absolute atomic E-state index is 0.0640. The first-order valence-corrected chi connectivity index (χ1v) is 6.94. The van der Waals surface area contributed by atoms with Crippen LogP contribution >= 0.6 is 7.52 Å². The minimum Gasteiger partial charge on any atom is -0.369 e. The van der Waals surface area contributed by atoms with Crippen molar-refractivity contribution in [1.82, 2.24) is 4.67 Å². The van der Waals surface area contributed by atoms with Crippen molar-refractivity contribution in [3.63, 3.8) is 0 Å². The van der Waals surface area contributed by atoms with Gasteiger partial charge in [0.25, 0.3) is 7.52 Å². The summed E-state index contributed by atoms with van der Waals surface area (Å²) in [6.45, 7) is 9.06. The van der Waals surface area contributed by atoms with Crippen LogP contribution in [0, 0.1) is 0 Å². The maximum Gasteiger partial charge on any atom is 0.275 e. The van der Waals surface area contributed by atoms with Gasteiger partial charge in [-0.15, -0.1) is 0 Å². The van der Waals surface area contributed by atoms with Gasteiger partial charge in [-0.1, -0.05) is 13.8 Å². The summed E-state index contributed by atoms with van der Waals surface area (Å²) in [6.07, 6.45) is 0. The van der Waals surface area contributed by atoms with Gasteiger partial charge in [-0.25, -0.2) is 4.67 Å². The highest BCUT2D eigenvalue weighted by Gasteiger charge is 2.37. The van der Waals surface area contributed by atoms with Crippen molar-refractivity contribution in [3.05, 3.63) is 0 Å². The molecule has 0 aliphatic carbocycles. The first kappa shape index (κ1) is 15.6. The van der Waals surface area contributed by atoms with Gasteiger partial charge in [0.1, 0.15) is 0 Å². The summed E-state index contributed by atoms with van der Waals surface area (Å²) in [4.78, 5) is 10.8. The number of carbonyl (C=O) groups is 1. The van der Waals surface area contributed by atoms with Crippen molar-refractivity contribution in [1.29, 1.82) is 0 Å². The quantitative estimate of drug-likeness (QED) is 0.755. The molecule has 0 heterocycles. The van der Waals surface area contributed by atoms with Crippen LogP contribution in [-0.2, 0) is 13.9 Å². The topological polar surface area (TPSA) is 72.6 Å². The van der Waals surface area contributed by atoms with E-state index in [2.05, 4.69) is 0 Å². The lowest BCUT2D eigenvalue weighted by atomic mass is 10.2. The predicted octanol–water partition coefficient (Wildman–Crippen LogP) is 1.82. The Morgan fingerprint density at radius 2 is 1.88 bits per heavy atom. The highest BCUT2D eigenvalue weighted by atomic mass is 31.2. The maximum absolute atomic E-state index is 12.7. The monoisotopic (exact) mass is 250 g/mol. The lowest BCUT2D eigenvalue weighted by molar-refractivity contribution is -0.118. The fourth-order valence-electron chi connectivity index (χ4n) is 1.29. The second-order valence-electron chi connectivity index (χ2n) is 5.14. The molecular formula is C10H23N2O3P. The number of rotatable bonds is 5. The fraction of sp³-hybridized carbons (Fsp3) is 0.900. The van der Waals surface area contributed by atoms with E-state index in [0.717, 1.165) is 0 Å². The van der Waals surface area contributed by atoms with Crippen LogP contribution in [0.1, 0.15) is 34.6 Å². The molecule has 96 valence electrons. The number of amides is 1. The van der Waals surface area contributed by atoms with Crippen molar-refractivity contribution < 1.29 is 13.9 Å². The normalized spacial score (nSPS) is 16.5. The lowest BCUT2D eigenvalue weighted by Crippen LogP contribution is -2.34. The zero-order valence-corrected chi connectivity index (χ0v) is 11.9. The molecule has 0 radical (unpaired) electrons. The number of primary amides is 1. The van der Waals surface area contributed by atoms with Crippen LogP contribution in [-0.4, -0.2) is 35.4 Å². The van der Waals surface area contributed by atoms with E-state index in [1.807, 2.05) is 34.6 Å². The largest absolute Gasteiger partial charge is 0.369 e. The van der Waals surface area contributed by atoms with Gasteiger partial charge >= 0.3 is 0 Å². The summed E-state index contributed by atoms with van der Waals surface area (Å²) in [5, 5.41) is 0. The first-order valence-electron chi connectivity index (χ1n) is 5.29. The summed E-state index contributed by atoms with van der Waals surface area (Å²) in [5.74, 6) is -0.513. The van der Waals surface area contributed by atoms with E-state index in [1.165, 1.54) is 4.67 Å². The van der Waals surface area contributed by atoms with Gasteiger partial charge < -0.3 is 10.3 Å². The summed E-state index contributed by atoms with van der Waals surface area (Å²) in [6, 6.07) is 0. The summed E-state index contributed by atoms with van der Waals surface area (Å²) in [5.41, 5.74) is 4.39. The molecule has 0 saturated heterocycles. The van der Waals surface area contributed by atoms with Gasteiger partial charge in [-0.05, 0) is 27.8 Å². The molecule has 0 bridgehead atoms. The van der Waals surface area contributed by atoms with Crippen molar-refractivity contribution >= 4 is 13.4 Å². The number of hydrogen-bond donors (Lipinski definition) is 1. The SMILES string of the molecule is CC(C)P(=O)(OC(C)(C)C)N(C)CC(N)=O. The van der Waals surface area contributed by atoms with Gasteiger partial charge in [0.05, 0.1) is 12.1 Å². The van der Waals surface area contributed by atoms with E-state index < -0.39 is 19.0 Å². The predicted molar refractivity (Wildman–Crippen MR) is 65.4 cm³/mol. The Morgan fingerprint density at radius 1 is 1.44 bits per heavy atom. The number of likely N-dealkylation sites (N-methyl/N-ethyl adjacent to an activating group) is 1. The molecule has 2 N–H and O–H groups in total. The molecule has 0 aromatic rings. The Hall–Kier alpha value is -0.380. The summed E-state index contributed by atoms with van der Waals surface area (Å²) < 4.78 is 19.7. The number of hydrogen-bond acceptors (Lipinski definition) is 3. The molecule has 0 aromatic carbocycles. The van der Waals surface area contributed by atoms with E-state index >= 15 is 0 Å². The zero-order valence-electron chi connectivity index (χ0n) is 11.0. The first-order chi connectivity index (χ1) is 6.99. The molecule has 0 aliphatic rings. The Balaban J connectivity index is 4.97.